The first-order chi connectivity index (χ1) is 15.5. The third-order valence-electron chi connectivity index (χ3n) is 5.49. The number of fused-ring (bicyclic) bond motifs is 1. The number of rotatable bonds is 4. The topological polar surface area (TPSA) is 109 Å². The summed E-state index contributed by atoms with van der Waals surface area (Å²) in [5.41, 5.74) is -1.01. The van der Waals surface area contributed by atoms with E-state index in [1.807, 2.05) is 6.92 Å². The van der Waals surface area contributed by atoms with Crippen LogP contribution in [0.5, 0.6) is 5.75 Å². The standard InChI is InChI=1S/C23H21N3O6S/c1-14-10-12-16(13-11-14)33(30,31)32-19-17(15-8-6-5-7-9-15)21(27)24(2)20-18(19)22(28)26(4)23(29)25(20)3/h5-13H,1-4H3. The number of aryl methyl sites for hydroxylation is 3. The van der Waals surface area contributed by atoms with Crippen LogP contribution in [0.4, 0.5) is 0 Å². The van der Waals surface area contributed by atoms with Crippen LogP contribution in [-0.4, -0.2) is 22.1 Å². The van der Waals surface area contributed by atoms with Crippen LogP contribution in [0.25, 0.3) is 22.2 Å². The van der Waals surface area contributed by atoms with Gasteiger partial charge in [0.1, 0.15) is 15.9 Å². The molecule has 9 nitrogen and oxygen atoms in total. The predicted octanol–water partition coefficient (Wildman–Crippen LogP) is 1.68. The minimum absolute atomic E-state index is 0.0538. The lowest BCUT2D eigenvalue weighted by atomic mass is 10.0. The summed E-state index contributed by atoms with van der Waals surface area (Å²) in [7, 11) is -0.341. The minimum atomic E-state index is -4.42. The van der Waals surface area contributed by atoms with Gasteiger partial charge in [0.15, 0.2) is 5.75 Å². The molecule has 33 heavy (non-hydrogen) atoms. The van der Waals surface area contributed by atoms with Crippen LogP contribution in [0.15, 0.2) is 73.9 Å². The summed E-state index contributed by atoms with van der Waals surface area (Å²) >= 11 is 0. The van der Waals surface area contributed by atoms with E-state index in [0.29, 0.717) is 5.56 Å². The van der Waals surface area contributed by atoms with Gasteiger partial charge >= 0.3 is 15.8 Å². The lowest BCUT2D eigenvalue weighted by molar-refractivity contribution is 0.487. The lowest BCUT2D eigenvalue weighted by Crippen LogP contribution is -2.40. The van der Waals surface area contributed by atoms with Gasteiger partial charge in [0, 0.05) is 21.1 Å². The highest BCUT2D eigenvalue weighted by atomic mass is 32.2. The first kappa shape index (κ1) is 22.3. The van der Waals surface area contributed by atoms with Gasteiger partial charge in [-0.3, -0.25) is 23.3 Å². The monoisotopic (exact) mass is 467 g/mol. The van der Waals surface area contributed by atoms with Crippen LogP contribution in [0.2, 0.25) is 0 Å². The number of pyridine rings is 1. The molecule has 170 valence electrons. The maximum atomic E-state index is 13.4. The molecule has 0 saturated heterocycles. The van der Waals surface area contributed by atoms with Gasteiger partial charge in [-0.2, -0.15) is 8.42 Å². The van der Waals surface area contributed by atoms with E-state index >= 15 is 0 Å². The summed E-state index contributed by atoms with van der Waals surface area (Å²) < 4.78 is 35.0. The molecule has 2 aromatic heterocycles. The van der Waals surface area contributed by atoms with Crippen molar-refractivity contribution in [2.75, 3.05) is 0 Å². The van der Waals surface area contributed by atoms with Crippen molar-refractivity contribution >= 4 is 21.2 Å². The Kier molecular flexibility index (Phi) is 5.33. The quantitative estimate of drug-likeness (QED) is 0.423. The van der Waals surface area contributed by atoms with E-state index in [2.05, 4.69) is 0 Å². The third kappa shape index (κ3) is 3.58. The smallest absolute Gasteiger partial charge is 0.339 e. The predicted molar refractivity (Wildman–Crippen MR) is 124 cm³/mol. The summed E-state index contributed by atoms with van der Waals surface area (Å²) in [4.78, 5) is 39.0. The highest BCUT2D eigenvalue weighted by Crippen LogP contribution is 2.34. The van der Waals surface area contributed by atoms with Crippen molar-refractivity contribution in [2.45, 2.75) is 11.8 Å². The van der Waals surface area contributed by atoms with E-state index < -0.39 is 32.7 Å². The van der Waals surface area contributed by atoms with Crippen molar-refractivity contribution in [3.63, 3.8) is 0 Å². The Morgan fingerprint density at radius 3 is 1.97 bits per heavy atom. The molecule has 0 atom stereocenters. The highest BCUT2D eigenvalue weighted by molar-refractivity contribution is 7.87. The van der Waals surface area contributed by atoms with Gasteiger partial charge in [-0.15, -0.1) is 0 Å². The Morgan fingerprint density at radius 1 is 0.758 bits per heavy atom. The average Bonchev–Trinajstić information content (AvgIpc) is 2.79. The summed E-state index contributed by atoms with van der Waals surface area (Å²) in [6, 6.07) is 14.3. The molecule has 0 radical (unpaired) electrons. The Balaban J connectivity index is 2.18. The molecule has 2 heterocycles. The van der Waals surface area contributed by atoms with Gasteiger partial charge in [-0.05, 0) is 24.6 Å². The lowest BCUT2D eigenvalue weighted by Gasteiger charge is -2.18. The minimum Gasteiger partial charge on any atom is -0.377 e. The van der Waals surface area contributed by atoms with Gasteiger partial charge in [0.25, 0.3) is 11.1 Å². The van der Waals surface area contributed by atoms with Crippen molar-refractivity contribution in [2.24, 2.45) is 21.1 Å². The number of hydrogen-bond donors (Lipinski definition) is 0. The first-order valence-corrected chi connectivity index (χ1v) is 11.3. The van der Waals surface area contributed by atoms with Gasteiger partial charge in [0.05, 0.1) is 5.56 Å². The highest BCUT2D eigenvalue weighted by Gasteiger charge is 2.28. The Bertz CT molecular complexity index is 1680. The summed E-state index contributed by atoms with van der Waals surface area (Å²) in [5, 5.41) is -0.198. The van der Waals surface area contributed by atoms with Crippen LogP contribution < -0.4 is 21.0 Å². The van der Waals surface area contributed by atoms with Gasteiger partial charge in [0.2, 0.25) is 0 Å². The molecule has 0 fully saturated rings. The number of aromatic nitrogens is 3. The normalized spacial score (nSPS) is 11.6. The molecular weight excluding hydrogens is 446 g/mol. The molecule has 0 aliphatic rings. The Labute approximate surface area is 188 Å². The van der Waals surface area contributed by atoms with Crippen LogP contribution in [0.1, 0.15) is 5.56 Å². The van der Waals surface area contributed by atoms with E-state index in [1.165, 1.54) is 33.3 Å². The second-order valence-electron chi connectivity index (χ2n) is 7.69. The van der Waals surface area contributed by atoms with E-state index in [0.717, 1.165) is 19.3 Å². The maximum absolute atomic E-state index is 13.4. The number of hydrogen-bond acceptors (Lipinski definition) is 6. The van der Waals surface area contributed by atoms with Crippen LogP contribution in [-0.2, 0) is 31.3 Å². The zero-order valence-corrected chi connectivity index (χ0v) is 19.2. The molecular formula is C23H21N3O6S. The zero-order chi connectivity index (χ0) is 24.1. The molecule has 0 saturated carbocycles. The fourth-order valence-electron chi connectivity index (χ4n) is 3.72. The second-order valence-corrected chi connectivity index (χ2v) is 9.24. The zero-order valence-electron chi connectivity index (χ0n) is 18.4. The van der Waals surface area contributed by atoms with E-state index in [4.69, 9.17) is 4.18 Å². The van der Waals surface area contributed by atoms with E-state index in [1.54, 1.807) is 42.5 Å². The molecule has 0 aliphatic carbocycles. The summed E-state index contributed by atoms with van der Waals surface area (Å²) in [5.74, 6) is -0.420. The SMILES string of the molecule is Cc1ccc(S(=O)(=O)Oc2c(-c3ccccc3)c(=O)n(C)c3c2c(=O)n(C)c(=O)n3C)cc1. The van der Waals surface area contributed by atoms with Crippen LogP contribution in [0, 0.1) is 6.92 Å². The fourth-order valence-corrected chi connectivity index (χ4v) is 4.67. The summed E-state index contributed by atoms with van der Waals surface area (Å²) in [6.07, 6.45) is 0. The molecule has 0 aliphatic heterocycles. The molecule has 0 N–H and O–H groups in total. The number of nitrogens with zero attached hydrogens (tertiary/aromatic N) is 3. The largest absolute Gasteiger partial charge is 0.377 e. The summed E-state index contributed by atoms with van der Waals surface area (Å²) in [6.45, 7) is 1.81. The van der Waals surface area contributed by atoms with Crippen LogP contribution >= 0.6 is 0 Å². The third-order valence-corrected chi connectivity index (χ3v) is 6.72. The molecule has 0 amide bonds. The fraction of sp³-hybridized carbons (Fsp3) is 0.174. The van der Waals surface area contributed by atoms with Crippen molar-refractivity contribution in [1.82, 2.24) is 13.7 Å². The maximum Gasteiger partial charge on any atom is 0.339 e. The van der Waals surface area contributed by atoms with Crippen LogP contribution in [0.3, 0.4) is 0 Å². The molecule has 0 spiro atoms. The van der Waals surface area contributed by atoms with Crippen molar-refractivity contribution in [3.05, 3.63) is 91.4 Å². The van der Waals surface area contributed by atoms with E-state index in [-0.39, 0.29) is 21.5 Å². The van der Waals surface area contributed by atoms with Crippen molar-refractivity contribution in [1.29, 1.82) is 0 Å². The second kappa shape index (κ2) is 7.89. The molecule has 10 heteroatoms. The molecule has 2 aromatic carbocycles. The molecule has 4 rings (SSSR count). The van der Waals surface area contributed by atoms with Gasteiger partial charge in [-0.1, -0.05) is 48.0 Å². The van der Waals surface area contributed by atoms with E-state index in [9.17, 15) is 22.8 Å². The van der Waals surface area contributed by atoms with Gasteiger partial charge < -0.3 is 4.18 Å². The molecule has 0 unspecified atom stereocenters. The number of benzene rings is 2. The Hall–Kier alpha value is -3.92. The van der Waals surface area contributed by atoms with Crippen molar-refractivity contribution < 1.29 is 12.6 Å². The van der Waals surface area contributed by atoms with Crippen molar-refractivity contribution in [3.8, 4) is 16.9 Å². The average molecular weight is 468 g/mol. The molecule has 4 aromatic rings. The Morgan fingerprint density at radius 2 is 1.36 bits per heavy atom. The first-order valence-electron chi connectivity index (χ1n) is 9.94. The van der Waals surface area contributed by atoms with Gasteiger partial charge in [-0.25, -0.2) is 4.79 Å². The molecule has 0 bridgehead atoms.